The molecule has 0 atom stereocenters. The molecule has 0 saturated heterocycles. The second-order valence-electron chi connectivity index (χ2n) is 2.36. The van der Waals surface area contributed by atoms with Gasteiger partial charge in [-0.2, -0.15) is 0 Å². The van der Waals surface area contributed by atoms with E-state index < -0.39 is 0 Å². The van der Waals surface area contributed by atoms with Crippen molar-refractivity contribution in [1.82, 2.24) is 4.98 Å². The number of pyridine rings is 1. The number of aromatic hydroxyl groups is 1. The summed E-state index contributed by atoms with van der Waals surface area (Å²) in [7, 11) is 0. The first-order valence-corrected chi connectivity index (χ1v) is 3.41. The van der Waals surface area contributed by atoms with E-state index in [0.29, 0.717) is 0 Å². The van der Waals surface area contributed by atoms with Crippen molar-refractivity contribution >= 4 is 62.3 Å². The van der Waals surface area contributed by atoms with E-state index in [4.69, 9.17) is 5.11 Å². The van der Waals surface area contributed by atoms with Crippen molar-refractivity contribution in [2.24, 2.45) is 0 Å². The van der Waals surface area contributed by atoms with Gasteiger partial charge in [0.05, 0.1) is 5.52 Å². The number of fused-ring (bicyclic) bond motifs is 1. The molecule has 3 heteroatoms. The molecule has 0 saturated carbocycles. The van der Waals surface area contributed by atoms with Crippen molar-refractivity contribution < 1.29 is 5.11 Å². The molecule has 2 rings (SSSR count). The van der Waals surface area contributed by atoms with Gasteiger partial charge in [-0.25, -0.2) is 4.98 Å². The van der Waals surface area contributed by atoms with E-state index in [2.05, 4.69) is 4.98 Å². The maximum Gasteiger partial charge on any atom is 0.211 e. The monoisotopic (exact) mass is 184 g/mol. The third-order valence-corrected chi connectivity index (χ3v) is 1.58. The van der Waals surface area contributed by atoms with Gasteiger partial charge in [0.2, 0.25) is 5.88 Å². The number of para-hydroxylation sites is 1. The summed E-state index contributed by atoms with van der Waals surface area (Å²) in [5, 5.41) is 10.1. The first-order chi connectivity index (χ1) is 5.36. The van der Waals surface area contributed by atoms with E-state index in [1.165, 1.54) is 0 Å². The molecule has 1 aromatic heterocycles. The molecule has 0 bridgehead atoms. The summed E-state index contributed by atoms with van der Waals surface area (Å²) in [6.07, 6.45) is 0. The van der Waals surface area contributed by atoms with Crippen molar-refractivity contribution in [3.05, 3.63) is 36.4 Å². The van der Waals surface area contributed by atoms with Gasteiger partial charge in [-0.15, -0.1) is 0 Å². The van der Waals surface area contributed by atoms with Gasteiger partial charge in [0.1, 0.15) is 0 Å². The predicted molar refractivity (Wildman–Crippen MR) is 49.2 cm³/mol. The Morgan fingerprint density at radius 2 is 1.75 bits per heavy atom. The Bertz CT molecular complexity index is 389. The standard InChI is InChI=1S/C9H7NO.K/c11-9-6-5-7-3-1-2-4-8(7)10-9;/h1-6H,(H,10,11);. The van der Waals surface area contributed by atoms with Crippen LogP contribution in [0.1, 0.15) is 0 Å². The Balaban J connectivity index is 0.000000720. The van der Waals surface area contributed by atoms with Crippen LogP contribution in [0.3, 0.4) is 0 Å². The molecule has 2 nitrogen and oxygen atoms in total. The minimum absolute atomic E-state index is 0. The molecule has 0 spiro atoms. The molecular weight excluding hydrogens is 177 g/mol. The Morgan fingerprint density at radius 3 is 2.58 bits per heavy atom. The van der Waals surface area contributed by atoms with Gasteiger partial charge in [-0.1, -0.05) is 18.2 Å². The van der Waals surface area contributed by atoms with Crippen LogP contribution in [-0.2, 0) is 0 Å². The number of nitrogens with zero attached hydrogens (tertiary/aromatic N) is 1. The fourth-order valence-corrected chi connectivity index (χ4v) is 1.06. The molecule has 1 aromatic carbocycles. The molecule has 55 valence electrons. The third kappa shape index (κ3) is 2.05. The number of aromatic nitrogens is 1. The number of hydrogen-bond donors (Lipinski definition) is 1. The van der Waals surface area contributed by atoms with Crippen molar-refractivity contribution in [2.75, 3.05) is 0 Å². The number of benzene rings is 1. The van der Waals surface area contributed by atoms with Crippen LogP contribution in [-0.4, -0.2) is 61.5 Å². The summed E-state index contributed by atoms with van der Waals surface area (Å²) < 4.78 is 0. The largest absolute Gasteiger partial charge is 0.493 e. The molecule has 1 radical (unpaired) electrons. The molecule has 2 aromatic rings. The maximum atomic E-state index is 9.02. The van der Waals surface area contributed by atoms with Gasteiger partial charge >= 0.3 is 0 Å². The van der Waals surface area contributed by atoms with Crippen molar-refractivity contribution in [3.63, 3.8) is 0 Å². The summed E-state index contributed by atoms with van der Waals surface area (Å²) in [5.41, 5.74) is 0.826. The summed E-state index contributed by atoms with van der Waals surface area (Å²) in [4.78, 5) is 3.93. The Hall–Kier alpha value is 0.0664. The average molecular weight is 184 g/mol. The zero-order valence-corrected chi connectivity index (χ0v) is 9.98. The molecule has 0 fully saturated rings. The van der Waals surface area contributed by atoms with E-state index in [0.717, 1.165) is 10.9 Å². The van der Waals surface area contributed by atoms with E-state index in [1.807, 2.05) is 30.3 Å². The molecule has 0 unspecified atom stereocenters. The normalized spacial score (nSPS) is 9.33. The van der Waals surface area contributed by atoms with Crippen LogP contribution in [0, 0.1) is 0 Å². The summed E-state index contributed by atoms with van der Waals surface area (Å²) >= 11 is 0. The summed E-state index contributed by atoms with van der Waals surface area (Å²) in [5.74, 6) is 0.0729. The second kappa shape index (κ2) is 4.34. The fraction of sp³-hybridized carbons (Fsp3) is 0. The van der Waals surface area contributed by atoms with Crippen molar-refractivity contribution in [3.8, 4) is 5.88 Å². The van der Waals surface area contributed by atoms with Crippen LogP contribution >= 0.6 is 0 Å². The maximum absolute atomic E-state index is 9.02. The summed E-state index contributed by atoms with van der Waals surface area (Å²) in [6, 6.07) is 11.1. The van der Waals surface area contributed by atoms with Gasteiger partial charge in [0.25, 0.3) is 0 Å². The van der Waals surface area contributed by atoms with Gasteiger partial charge in [-0.05, 0) is 12.1 Å². The Morgan fingerprint density at radius 1 is 1.00 bits per heavy atom. The van der Waals surface area contributed by atoms with Crippen LogP contribution in [0.15, 0.2) is 36.4 Å². The Kier molecular flexibility index (Phi) is 3.67. The van der Waals surface area contributed by atoms with Crippen LogP contribution in [0.25, 0.3) is 10.9 Å². The smallest absolute Gasteiger partial charge is 0.211 e. The van der Waals surface area contributed by atoms with Gasteiger partial charge in [-0.3, -0.25) is 0 Å². The van der Waals surface area contributed by atoms with E-state index >= 15 is 0 Å². The Labute approximate surface area is 113 Å². The molecule has 1 N–H and O–H groups in total. The first-order valence-electron chi connectivity index (χ1n) is 3.41. The molecule has 0 amide bonds. The molecule has 12 heavy (non-hydrogen) atoms. The molecule has 0 aliphatic heterocycles. The fourth-order valence-electron chi connectivity index (χ4n) is 1.06. The topological polar surface area (TPSA) is 33.1 Å². The zero-order chi connectivity index (χ0) is 7.68. The van der Waals surface area contributed by atoms with E-state index in [-0.39, 0.29) is 57.3 Å². The summed E-state index contributed by atoms with van der Waals surface area (Å²) in [6.45, 7) is 0. The van der Waals surface area contributed by atoms with E-state index in [9.17, 15) is 0 Å². The van der Waals surface area contributed by atoms with Gasteiger partial charge in [0.15, 0.2) is 0 Å². The van der Waals surface area contributed by atoms with E-state index in [1.54, 1.807) is 6.07 Å². The van der Waals surface area contributed by atoms with Crippen LogP contribution in [0.5, 0.6) is 5.88 Å². The number of rotatable bonds is 0. The SMILES string of the molecule is Oc1ccc2ccccc2n1.[K]. The molecule has 1 heterocycles. The molecular formula is C9H7KNO. The molecule has 0 aliphatic carbocycles. The van der Waals surface area contributed by atoms with Crippen molar-refractivity contribution in [1.29, 1.82) is 0 Å². The van der Waals surface area contributed by atoms with Crippen LogP contribution in [0.4, 0.5) is 0 Å². The zero-order valence-electron chi connectivity index (χ0n) is 6.86. The predicted octanol–water partition coefficient (Wildman–Crippen LogP) is 1.56. The van der Waals surface area contributed by atoms with Gasteiger partial charge < -0.3 is 5.11 Å². The number of hydrogen-bond acceptors (Lipinski definition) is 2. The van der Waals surface area contributed by atoms with Gasteiger partial charge in [0, 0.05) is 62.8 Å². The minimum atomic E-state index is 0. The first kappa shape index (κ1) is 10.1. The van der Waals surface area contributed by atoms with Crippen LogP contribution < -0.4 is 0 Å². The third-order valence-electron chi connectivity index (χ3n) is 1.58. The average Bonchev–Trinajstić information content (AvgIpc) is 2.04. The quantitative estimate of drug-likeness (QED) is 0.630. The van der Waals surface area contributed by atoms with Crippen LogP contribution in [0.2, 0.25) is 0 Å². The molecule has 0 aliphatic rings. The minimum Gasteiger partial charge on any atom is -0.493 e. The van der Waals surface area contributed by atoms with Crippen molar-refractivity contribution in [2.45, 2.75) is 0 Å². The second-order valence-corrected chi connectivity index (χ2v) is 2.36.